The lowest BCUT2D eigenvalue weighted by Crippen LogP contribution is -2.36. The van der Waals surface area contributed by atoms with Crippen LogP contribution in [0.15, 0.2) is 18.2 Å². The Labute approximate surface area is 111 Å². The zero-order valence-electron chi connectivity index (χ0n) is 11.0. The summed E-state index contributed by atoms with van der Waals surface area (Å²) < 4.78 is 0. The van der Waals surface area contributed by atoms with Gasteiger partial charge in [-0.15, -0.1) is 0 Å². The molecular weight excluding hydrogens is 246 g/mol. The van der Waals surface area contributed by atoms with E-state index in [-0.39, 0.29) is 22.6 Å². The molecule has 6 nitrogen and oxygen atoms in total. The molecule has 1 fully saturated rings. The Balaban J connectivity index is 2.06. The zero-order valence-corrected chi connectivity index (χ0v) is 11.0. The number of carbonyl (C=O) groups is 1. The number of amides is 1. The standard InChI is InChI=1S/C13H17N3O3/c1-9-10(4-3-5-12(9)16(18)19)8-14-11-6-7-15(2)13(11)17/h3-5,11,14H,6-8H2,1-2H3. The van der Waals surface area contributed by atoms with E-state index in [2.05, 4.69) is 5.32 Å². The van der Waals surface area contributed by atoms with Gasteiger partial charge < -0.3 is 10.2 Å². The molecule has 0 bridgehead atoms. The van der Waals surface area contributed by atoms with E-state index >= 15 is 0 Å². The maximum atomic E-state index is 11.7. The molecule has 1 aromatic carbocycles. The molecule has 0 spiro atoms. The number of nitrogens with zero attached hydrogens (tertiary/aromatic N) is 2. The van der Waals surface area contributed by atoms with E-state index in [0.29, 0.717) is 12.1 Å². The molecule has 1 aliphatic heterocycles. The fourth-order valence-corrected chi connectivity index (χ4v) is 2.30. The molecule has 1 saturated heterocycles. The van der Waals surface area contributed by atoms with Gasteiger partial charge in [0.2, 0.25) is 5.91 Å². The molecule has 2 rings (SSSR count). The van der Waals surface area contributed by atoms with Gasteiger partial charge in [-0.3, -0.25) is 14.9 Å². The SMILES string of the molecule is Cc1c(CNC2CCN(C)C2=O)cccc1[N+](=O)[O-]. The van der Waals surface area contributed by atoms with E-state index in [0.717, 1.165) is 18.5 Å². The second kappa shape index (κ2) is 5.36. The number of benzene rings is 1. The van der Waals surface area contributed by atoms with Crippen molar-refractivity contribution in [1.29, 1.82) is 0 Å². The van der Waals surface area contributed by atoms with Crippen LogP contribution in [0, 0.1) is 17.0 Å². The minimum absolute atomic E-state index is 0.0862. The molecule has 0 radical (unpaired) electrons. The van der Waals surface area contributed by atoms with Gasteiger partial charge >= 0.3 is 0 Å². The van der Waals surface area contributed by atoms with Crippen molar-refractivity contribution in [2.24, 2.45) is 0 Å². The first-order valence-electron chi connectivity index (χ1n) is 6.22. The molecule has 1 unspecified atom stereocenters. The smallest absolute Gasteiger partial charge is 0.272 e. The molecule has 1 amide bonds. The van der Waals surface area contributed by atoms with Crippen molar-refractivity contribution < 1.29 is 9.72 Å². The van der Waals surface area contributed by atoms with E-state index < -0.39 is 0 Å². The van der Waals surface area contributed by atoms with Crippen molar-refractivity contribution in [2.75, 3.05) is 13.6 Å². The van der Waals surface area contributed by atoms with Gasteiger partial charge in [0.1, 0.15) is 0 Å². The minimum atomic E-state index is -0.382. The van der Waals surface area contributed by atoms with Gasteiger partial charge in [0, 0.05) is 31.8 Å². The molecule has 0 aliphatic carbocycles. The molecule has 1 aromatic rings. The summed E-state index contributed by atoms with van der Waals surface area (Å²) in [6.07, 6.45) is 0.781. The molecule has 1 N–H and O–H groups in total. The van der Waals surface area contributed by atoms with Crippen molar-refractivity contribution in [1.82, 2.24) is 10.2 Å². The summed E-state index contributed by atoms with van der Waals surface area (Å²) >= 11 is 0. The van der Waals surface area contributed by atoms with Crippen molar-refractivity contribution >= 4 is 11.6 Å². The second-order valence-electron chi connectivity index (χ2n) is 4.80. The van der Waals surface area contributed by atoms with Gasteiger partial charge in [0.25, 0.3) is 5.69 Å². The third-order valence-electron chi connectivity index (χ3n) is 3.58. The Morgan fingerprint density at radius 1 is 1.53 bits per heavy atom. The Morgan fingerprint density at radius 2 is 2.26 bits per heavy atom. The van der Waals surface area contributed by atoms with Crippen LogP contribution in [0.4, 0.5) is 5.69 Å². The Morgan fingerprint density at radius 3 is 2.84 bits per heavy atom. The number of hydrogen-bond acceptors (Lipinski definition) is 4. The van der Waals surface area contributed by atoms with E-state index in [1.54, 1.807) is 24.9 Å². The number of likely N-dealkylation sites (N-methyl/N-ethyl adjacent to an activating group) is 1. The van der Waals surface area contributed by atoms with E-state index in [1.807, 2.05) is 6.07 Å². The van der Waals surface area contributed by atoms with Crippen LogP contribution in [0.5, 0.6) is 0 Å². The quantitative estimate of drug-likeness (QED) is 0.654. The van der Waals surface area contributed by atoms with Gasteiger partial charge in [-0.05, 0) is 18.9 Å². The van der Waals surface area contributed by atoms with Gasteiger partial charge in [0.05, 0.1) is 11.0 Å². The first-order chi connectivity index (χ1) is 9.00. The highest BCUT2D eigenvalue weighted by Crippen LogP contribution is 2.21. The highest BCUT2D eigenvalue weighted by atomic mass is 16.6. The molecular formula is C13H17N3O3. The van der Waals surface area contributed by atoms with Gasteiger partial charge in [-0.1, -0.05) is 12.1 Å². The van der Waals surface area contributed by atoms with Crippen LogP contribution < -0.4 is 5.32 Å². The number of nitro benzene ring substituents is 1. The third kappa shape index (κ3) is 2.73. The van der Waals surface area contributed by atoms with Crippen LogP contribution in [0.25, 0.3) is 0 Å². The number of hydrogen-bond donors (Lipinski definition) is 1. The summed E-state index contributed by atoms with van der Waals surface area (Å²) in [5, 5.41) is 14.0. The monoisotopic (exact) mass is 263 g/mol. The molecule has 0 saturated carbocycles. The molecule has 1 heterocycles. The second-order valence-corrected chi connectivity index (χ2v) is 4.80. The van der Waals surface area contributed by atoms with Crippen LogP contribution in [0.3, 0.4) is 0 Å². The molecule has 1 aliphatic rings. The highest BCUT2D eigenvalue weighted by molar-refractivity contribution is 5.83. The highest BCUT2D eigenvalue weighted by Gasteiger charge is 2.28. The number of rotatable bonds is 4. The predicted molar refractivity (Wildman–Crippen MR) is 70.7 cm³/mol. The van der Waals surface area contributed by atoms with Gasteiger partial charge in [-0.2, -0.15) is 0 Å². The van der Waals surface area contributed by atoms with E-state index in [9.17, 15) is 14.9 Å². The van der Waals surface area contributed by atoms with Crippen molar-refractivity contribution in [3.8, 4) is 0 Å². The summed E-state index contributed by atoms with van der Waals surface area (Å²) in [7, 11) is 1.78. The van der Waals surface area contributed by atoms with Crippen LogP contribution in [-0.2, 0) is 11.3 Å². The number of nitro groups is 1. The van der Waals surface area contributed by atoms with E-state index in [4.69, 9.17) is 0 Å². The van der Waals surface area contributed by atoms with Crippen LogP contribution in [0.1, 0.15) is 17.5 Å². The van der Waals surface area contributed by atoms with Crippen molar-refractivity contribution in [3.63, 3.8) is 0 Å². The number of carbonyl (C=O) groups excluding carboxylic acids is 1. The first kappa shape index (κ1) is 13.5. The Hall–Kier alpha value is -1.95. The summed E-state index contributed by atoms with van der Waals surface area (Å²) in [6, 6.07) is 4.83. The average Bonchev–Trinajstić information content (AvgIpc) is 2.68. The van der Waals surface area contributed by atoms with Crippen LogP contribution in [0.2, 0.25) is 0 Å². The lowest BCUT2D eigenvalue weighted by Gasteiger charge is -2.13. The molecule has 102 valence electrons. The molecule has 6 heteroatoms. The van der Waals surface area contributed by atoms with E-state index in [1.165, 1.54) is 6.07 Å². The zero-order chi connectivity index (χ0) is 14.0. The lowest BCUT2D eigenvalue weighted by molar-refractivity contribution is -0.385. The van der Waals surface area contributed by atoms with Crippen LogP contribution in [-0.4, -0.2) is 35.4 Å². The fraction of sp³-hybridized carbons (Fsp3) is 0.462. The molecule has 19 heavy (non-hydrogen) atoms. The maximum Gasteiger partial charge on any atom is 0.272 e. The lowest BCUT2D eigenvalue weighted by atomic mass is 10.1. The average molecular weight is 263 g/mol. The first-order valence-corrected chi connectivity index (χ1v) is 6.22. The number of nitrogens with one attached hydrogen (secondary N) is 1. The largest absolute Gasteiger partial charge is 0.344 e. The summed E-state index contributed by atoms with van der Waals surface area (Å²) in [5.74, 6) is 0.0862. The normalized spacial score (nSPS) is 18.9. The summed E-state index contributed by atoms with van der Waals surface area (Å²) in [4.78, 5) is 23.9. The third-order valence-corrected chi connectivity index (χ3v) is 3.58. The summed E-state index contributed by atoms with van der Waals surface area (Å²) in [5.41, 5.74) is 1.63. The fourth-order valence-electron chi connectivity index (χ4n) is 2.30. The maximum absolute atomic E-state index is 11.7. The number of likely N-dealkylation sites (tertiary alicyclic amines) is 1. The Kier molecular flexibility index (Phi) is 3.80. The minimum Gasteiger partial charge on any atom is -0.344 e. The van der Waals surface area contributed by atoms with Crippen LogP contribution >= 0.6 is 0 Å². The van der Waals surface area contributed by atoms with Crippen molar-refractivity contribution in [2.45, 2.75) is 25.9 Å². The Bertz CT molecular complexity index is 516. The predicted octanol–water partition coefficient (Wildman–Crippen LogP) is 1.22. The van der Waals surface area contributed by atoms with Gasteiger partial charge in [0.15, 0.2) is 0 Å². The summed E-state index contributed by atoms with van der Waals surface area (Å²) in [6.45, 7) is 2.96. The topological polar surface area (TPSA) is 75.5 Å². The molecule has 1 atom stereocenters. The van der Waals surface area contributed by atoms with Crippen molar-refractivity contribution in [3.05, 3.63) is 39.4 Å². The van der Waals surface area contributed by atoms with Gasteiger partial charge in [-0.25, -0.2) is 0 Å². The molecule has 0 aromatic heterocycles.